The smallest absolute Gasteiger partial charge is 0.317 e. The van der Waals surface area contributed by atoms with E-state index in [9.17, 15) is 9.59 Å². The Kier molecular flexibility index (Phi) is 5.05. The molecule has 2 rings (SSSR count). The van der Waals surface area contributed by atoms with E-state index in [4.69, 9.17) is 0 Å². The van der Waals surface area contributed by atoms with E-state index in [1.807, 2.05) is 16.7 Å². The molecule has 3 amide bonds. The van der Waals surface area contributed by atoms with E-state index in [1.54, 1.807) is 0 Å². The number of likely N-dealkylation sites (tertiary alicyclic amines) is 2. The highest BCUT2D eigenvalue weighted by Gasteiger charge is 2.30. The predicted molar refractivity (Wildman–Crippen MR) is 73.8 cm³/mol. The summed E-state index contributed by atoms with van der Waals surface area (Å²) in [4.78, 5) is 27.9. The average molecular weight is 267 g/mol. The van der Waals surface area contributed by atoms with E-state index in [1.165, 1.54) is 0 Å². The zero-order valence-electron chi connectivity index (χ0n) is 11.9. The molecule has 2 fully saturated rings. The first-order valence-corrected chi connectivity index (χ1v) is 7.54. The van der Waals surface area contributed by atoms with Crippen LogP contribution in [0.15, 0.2) is 0 Å². The number of carbonyl (C=O) groups excluding carboxylic acids is 2. The highest BCUT2D eigenvalue weighted by molar-refractivity contribution is 5.77. The third kappa shape index (κ3) is 3.61. The van der Waals surface area contributed by atoms with Crippen LogP contribution in [-0.2, 0) is 4.79 Å². The summed E-state index contributed by atoms with van der Waals surface area (Å²) in [5.41, 5.74) is 0. The maximum Gasteiger partial charge on any atom is 0.317 e. The molecule has 1 atom stereocenters. The van der Waals surface area contributed by atoms with Crippen molar-refractivity contribution >= 4 is 11.9 Å². The lowest BCUT2D eigenvalue weighted by Crippen LogP contribution is -2.53. The first kappa shape index (κ1) is 14.2. The van der Waals surface area contributed by atoms with Gasteiger partial charge in [0, 0.05) is 38.6 Å². The second kappa shape index (κ2) is 6.78. The number of urea groups is 1. The molecule has 0 saturated carbocycles. The molecule has 0 unspecified atom stereocenters. The zero-order valence-corrected chi connectivity index (χ0v) is 11.9. The molecule has 0 aromatic rings. The summed E-state index contributed by atoms with van der Waals surface area (Å²) in [6.07, 6.45) is 5.96. The summed E-state index contributed by atoms with van der Waals surface area (Å²) in [7, 11) is 0. The molecule has 2 aliphatic rings. The standard InChI is InChI=1S/C14H25N3O2/c1-2-15-14(19)16-9-6-7-12(11-16)17-10-5-3-4-8-13(17)18/h12H,2-11H2,1H3,(H,15,19)/t12-/m1/s1. The van der Waals surface area contributed by atoms with Gasteiger partial charge in [-0.25, -0.2) is 4.79 Å². The van der Waals surface area contributed by atoms with Crippen molar-refractivity contribution < 1.29 is 9.59 Å². The molecule has 108 valence electrons. The van der Waals surface area contributed by atoms with E-state index in [0.717, 1.165) is 45.2 Å². The largest absolute Gasteiger partial charge is 0.338 e. The lowest BCUT2D eigenvalue weighted by molar-refractivity contribution is -0.133. The van der Waals surface area contributed by atoms with Gasteiger partial charge in [-0.3, -0.25) is 4.79 Å². The van der Waals surface area contributed by atoms with Crippen LogP contribution in [0.3, 0.4) is 0 Å². The normalized spacial score (nSPS) is 25.1. The number of carbonyl (C=O) groups is 2. The summed E-state index contributed by atoms with van der Waals surface area (Å²) >= 11 is 0. The molecular weight excluding hydrogens is 242 g/mol. The van der Waals surface area contributed by atoms with Crippen LogP contribution in [0, 0.1) is 0 Å². The van der Waals surface area contributed by atoms with Gasteiger partial charge >= 0.3 is 6.03 Å². The monoisotopic (exact) mass is 267 g/mol. The minimum absolute atomic E-state index is 0.00877. The summed E-state index contributed by atoms with van der Waals surface area (Å²) in [6, 6.07) is 0.233. The molecule has 5 heteroatoms. The Morgan fingerprint density at radius 1 is 1.26 bits per heavy atom. The molecule has 5 nitrogen and oxygen atoms in total. The van der Waals surface area contributed by atoms with E-state index >= 15 is 0 Å². The van der Waals surface area contributed by atoms with Gasteiger partial charge in [0.1, 0.15) is 0 Å². The summed E-state index contributed by atoms with van der Waals surface area (Å²) in [5, 5.41) is 2.85. The first-order chi connectivity index (χ1) is 9.22. The van der Waals surface area contributed by atoms with Gasteiger partial charge < -0.3 is 15.1 Å². The van der Waals surface area contributed by atoms with Crippen molar-refractivity contribution in [3.05, 3.63) is 0 Å². The number of nitrogens with one attached hydrogen (secondary N) is 1. The van der Waals surface area contributed by atoms with E-state index < -0.39 is 0 Å². The van der Waals surface area contributed by atoms with Crippen LogP contribution in [0.4, 0.5) is 4.79 Å². The number of hydrogen-bond donors (Lipinski definition) is 1. The maximum absolute atomic E-state index is 12.1. The minimum Gasteiger partial charge on any atom is -0.338 e. The number of rotatable bonds is 2. The predicted octanol–water partition coefficient (Wildman–Crippen LogP) is 1.58. The second-order valence-electron chi connectivity index (χ2n) is 5.48. The number of piperidine rings is 1. The molecule has 0 spiro atoms. The Bertz CT molecular complexity index is 333. The molecule has 0 bridgehead atoms. The van der Waals surface area contributed by atoms with Crippen molar-refractivity contribution in [3.63, 3.8) is 0 Å². The molecule has 1 N–H and O–H groups in total. The van der Waals surface area contributed by atoms with Gasteiger partial charge in [0.2, 0.25) is 5.91 Å². The van der Waals surface area contributed by atoms with Crippen molar-refractivity contribution in [2.75, 3.05) is 26.2 Å². The lowest BCUT2D eigenvalue weighted by Gasteiger charge is -2.39. The first-order valence-electron chi connectivity index (χ1n) is 7.54. The molecule has 2 saturated heterocycles. The van der Waals surface area contributed by atoms with Crippen molar-refractivity contribution in [2.24, 2.45) is 0 Å². The Labute approximate surface area is 115 Å². The van der Waals surface area contributed by atoms with Gasteiger partial charge in [0.25, 0.3) is 0 Å². The third-order valence-electron chi connectivity index (χ3n) is 4.06. The molecule has 0 aromatic heterocycles. The topological polar surface area (TPSA) is 52.7 Å². The number of hydrogen-bond acceptors (Lipinski definition) is 2. The van der Waals surface area contributed by atoms with Crippen molar-refractivity contribution in [3.8, 4) is 0 Å². The molecule has 0 aliphatic carbocycles. The summed E-state index contributed by atoms with van der Waals surface area (Å²) < 4.78 is 0. The fourth-order valence-electron chi connectivity index (χ4n) is 3.05. The average Bonchev–Trinajstić information content (AvgIpc) is 2.64. The Balaban J connectivity index is 1.95. The molecule has 2 aliphatic heterocycles. The Hall–Kier alpha value is -1.26. The van der Waals surface area contributed by atoms with Crippen LogP contribution in [0.25, 0.3) is 0 Å². The molecule has 2 heterocycles. The van der Waals surface area contributed by atoms with Crippen LogP contribution in [0.1, 0.15) is 45.4 Å². The highest BCUT2D eigenvalue weighted by Crippen LogP contribution is 2.20. The van der Waals surface area contributed by atoms with Gasteiger partial charge in [-0.1, -0.05) is 6.42 Å². The fraction of sp³-hybridized carbons (Fsp3) is 0.857. The van der Waals surface area contributed by atoms with Gasteiger partial charge in [-0.05, 0) is 32.6 Å². The van der Waals surface area contributed by atoms with Gasteiger partial charge in [-0.2, -0.15) is 0 Å². The van der Waals surface area contributed by atoms with Crippen LogP contribution in [0.5, 0.6) is 0 Å². The lowest BCUT2D eigenvalue weighted by atomic mass is 10.0. The quantitative estimate of drug-likeness (QED) is 0.826. The van der Waals surface area contributed by atoms with Gasteiger partial charge in [0.15, 0.2) is 0 Å². The third-order valence-corrected chi connectivity index (χ3v) is 4.06. The van der Waals surface area contributed by atoms with Gasteiger partial charge in [0.05, 0.1) is 0 Å². The molecular formula is C14H25N3O2. The van der Waals surface area contributed by atoms with Crippen molar-refractivity contribution in [1.82, 2.24) is 15.1 Å². The van der Waals surface area contributed by atoms with Crippen LogP contribution < -0.4 is 5.32 Å². The second-order valence-corrected chi connectivity index (χ2v) is 5.48. The minimum atomic E-state index is 0.00877. The molecule has 19 heavy (non-hydrogen) atoms. The maximum atomic E-state index is 12.1. The molecule has 0 aromatic carbocycles. The van der Waals surface area contributed by atoms with E-state index in [0.29, 0.717) is 19.5 Å². The number of nitrogens with zero attached hydrogens (tertiary/aromatic N) is 2. The Morgan fingerprint density at radius 3 is 2.89 bits per heavy atom. The molecule has 0 radical (unpaired) electrons. The van der Waals surface area contributed by atoms with Gasteiger partial charge in [-0.15, -0.1) is 0 Å². The SMILES string of the molecule is CCNC(=O)N1CCC[C@@H](N2CCCCCC2=O)C1. The van der Waals surface area contributed by atoms with Crippen molar-refractivity contribution in [2.45, 2.75) is 51.5 Å². The van der Waals surface area contributed by atoms with E-state index in [-0.39, 0.29) is 18.0 Å². The van der Waals surface area contributed by atoms with Crippen LogP contribution >= 0.6 is 0 Å². The number of amides is 3. The van der Waals surface area contributed by atoms with Crippen LogP contribution in [-0.4, -0.2) is 54.0 Å². The summed E-state index contributed by atoms with van der Waals surface area (Å²) in [5.74, 6) is 0.278. The van der Waals surface area contributed by atoms with E-state index in [2.05, 4.69) is 5.32 Å². The fourth-order valence-corrected chi connectivity index (χ4v) is 3.05. The Morgan fingerprint density at radius 2 is 2.11 bits per heavy atom. The van der Waals surface area contributed by atoms with Crippen molar-refractivity contribution in [1.29, 1.82) is 0 Å². The highest BCUT2D eigenvalue weighted by atomic mass is 16.2. The van der Waals surface area contributed by atoms with Crippen LogP contribution in [0.2, 0.25) is 0 Å². The summed E-state index contributed by atoms with van der Waals surface area (Å²) in [6.45, 7) is 4.95. The zero-order chi connectivity index (χ0) is 13.7.